The van der Waals surface area contributed by atoms with Crippen LogP contribution in [0.1, 0.15) is 6.42 Å². The van der Waals surface area contributed by atoms with Gasteiger partial charge in [-0.25, -0.2) is 0 Å². The average molecular weight is 201 g/mol. The van der Waals surface area contributed by atoms with Crippen molar-refractivity contribution in [3.05, 3.63) is 0 Å². The third kappa shape index (κ3) is 3.25. The summed E-state index contributed by atoms with van der Waals surface area (Å²) in [6.45, 7) is 4.08. The van der Waals surface area contributed by atoms with Gasteiger partial charge in [0.1, 0.15) is 0 Å². The molecule has 1 heterocycles. The van der Waals surface area contributed by atoms with Crippen molar-refractivity contribution in [2.75, 3.05) is 39.8 Å². The Morgan fingerprint density at radius 1 is 1.57 bits per heavy atom. The van der Waals surface area contributed by atoms with Gasteiger partial charge in [-0.05, 0) is 7.05 Å². The van der Waals surface area contributed by atoms with Crippen LogP contribution < -0.4 is 5.73 Å². The number of carbonyl (C=O) groups is 1. The molecule has 0 aromatic rings. The molecule has 82 valence electrons. The standard InChI is InChI=1S/C9H19N3O2/c1-11-4-5-12(3-2-9(13)14)8(6-10)7-11/h8H,2-7,10H2,1H3,(H,13,14). The maximum absolute atomic E-state index is 10.4. The van der Waals surface area contributed by atoms with E-state index in [4.69, 9.17) is 10.8 Å². The van der Waals surface area contributed by atoms with Crippen LogP contribution in [0.25, 0.3) is 0 Å². The van der Waals surface area contributed by atoms with Gasteiger partial charge in [-0.2, -0.15) is 0 Å². The van der Waals surface area contributed by atoms with E-state index >= 15 is 0 Å². The number of rotatable bonds is 4. The summed E-state index contributed by atoms with van der Waals surface area (Å²) < 4.78 is 0. The van der Waals surface area contributed by atoms with Gasteiger partial charge in [-0.3, -0.25) is 9.69 Å². The minimum absolute atomic E-state index is 0.209. The second kappa shape index (κ2) is 5.29. The molecule has 1 saturated heterocycles. The van der Waals surface area contributed by atoms with Gasteiger partial charge >= 0.3 is 5.97 Å². The van der Waals surface area contributed by atoms with Crippen LogP contribution in [0, 0.1) is 0 Å². The number of hydrogen-bond acceptors (Lipinski definition) is 4. The zero-order chi connectivity index (χ0) is 10.6. The summed E-state index contributed by atoms with van der Waals surface area (Å²) in [4.78, 5) is 14.8. The number of carboxylic acids is 1. The quantitative estimate of drug-likeness (QED) is 0.613. The molecule has 0 amide bonds. The monoisotopic (exact) mass is 201 g/mol. The van der Waals surface area contributed by atoms with Crippen LogP contribution in [0.2, 0.25) is 0 Å². The highest BCUT2D eigenvalue weighted by molar-refractivity contribution is 5.66. The number of hydrogen-bond donors (Lipinski definition) is 2. The van der Waals surface area contributed by atoms with Gasteiger partial charge in [0.2, 0.25) is 0 Å². The first kappa shape index (κ1) is 11.4. The maximum atomic E-state index is 10.4. The van der Waals surface area contributed by atoms with E-state index in [-0.39, 0.29) is 6.42 Å². The Balaban J connectivity index is 2.38. The predicted molar refractivity (Wildman–Crippen MR) is 54.2 cm³/mol. The fraction of sp³-hybridized carbons (Fsp3) is 0.889. The number of likely N-dealkylation sites (N-methyl/N-ethyl adjacent to an activating group) is 1. The molecule has 0 radical (unpaired) electrons. The Morgan fingerprint density at radius 3 is 2.86 bits per heavy atom. The summed E-state index contributed by atoms with van der Waals surface area (Å²) in [7, 11) is 2.07. The summed E-state index contributed by atoms with van der Waals surface area (Å²) in [6, 6.07) is 0.313. The van der Waals surface area contributed by atoms with Crippen molar-refractivity contribution in [2.24, 2.45) is 5.73 Å². The number of carboxylic acid groups (broad SMARTS) is 1. The van der Waals surface area contributed by atoms with Gasteiger partial charge in [0.15, 0.2) is 0 Å². The lowest BCUT2D eigenvalue weighted by molar-refractivity contribution is -0.137. The lowest BCUT2D eigenvalue weighted by Gasteiger charge is -2.39. The third-order valence-electron chi connectivity index (χ3n) is 2.69. The van der Waals surface area contributed by atoms with Crippen LogP contribution in [0.3, 0.4) is 0 Å². The normalized spacial score (nSPS) is 25.1. The van der Waals surface area contributed by atoms with Crippen molar-refractivity contribution < 1.29 is 9.90 Å². The maximum Gasteiger partial charge on any atom is 0.304 e. The van der Waals surface area contributed by atoms with E-state index in [2.05, 4.69) is 16.8 Å². The van der Waals surface area contributed by atoms with E-state index in [1.807, 2.05) is 0 Å². The molecular formula is C9H19N3O2. The van der Waals surface area contributed by atoms with Gasteiger partial charge < -0.3 is 15.7 Å². The fourth-order valence-electron chi connectivity index (χ4n) is 1.81. The van der Waals surface area contributed by atoms with Crippen molar-refractivity contribution in [1.29, 1.82) is 0 Å². The Hall–Kier alpha value is -0.650. The summed E-state index contributed by atoms with van der Waals surface area (Å²) >= 11 is 0. The minimum Gasteiger partial charge on any atom is -0.481 e. The van der Waals surface area contributed by atoms with Crippen LogP contribution in [-0.2, 0) is 4.79 Å². The van der Waals surface area contributed by atoms with Crippen LogP contribution >= 0.6 is 0 Å². The van der Waals surface area contributed by atoms with Gasteiger partial charge in [0.25, 0.3) is 0 Å². The third-order valence-corrected chi connectivity index (χ3v) is 2.69. The molecule has 1 unspecified atom stereocenters. The largest absolute Gasteiger partial charge is 0.481 e. The molecule has 0 spiro atoms. The molecule has 5 nitrogen and oxygen atoms in total. The van der Waals surface area contributed by atoms with E-state index in [9.17, 15) is 4.79 Å². The average Bonchev–Trinajstić information content (AvgIpc) is 2.15. The molecule has 1 aliphatic heterocycles. The molecular weight excluding hydrogens is 182 g/mol. The summed E-state index contributed by atoms with van der Waals surface area (Å²) in [5.41, 5.74) is 5.65. The summed E-state index contributed by atoms with van der Waals surface area (Å²) in [5.74, 6) is -0.736. The van der Waals surface area contributed by atoms with Gasteiger partial charge in [0, 0.05) is 38.8 Å². The fourth-order valence-corrected chi connectivity index (χ4v) is 1.81. The van der Waals surface area contributed by atoms with Crippen molar-refractivity contribution in [2.45, 2.75) is 12.5 Å². The van der Waals surface area contributed by atoms with Gasteiger partial charge in [-0.15, -0.1) is 0 Å². The van der Waals surface area contributed by atoms with Gasteiger partial charge in [0.05, 0.1) is 6.42 Å². The van der Waals surface area contributed by atoms with Gasteiger partial charge in [-0.1, -0.05) is 0 Å². The number of nitrogens with two attached hydrogens (primary N) is 1. The Labute approximate surface area is 84.5 Å². The summed E-state index contributed by atoms with van der Waals surface area (Å²) in [5, 5.41) is 8.59. The van der Waals surface area contributed by atoms with Crippen molar-refractivity contribution in [1.82, 2.24) is 9.80 Å². The molecule has 0 aromatic carbocycles. The van der Waals surface area contributed by atoms with E-state index < -0.39 is 5.97 Å². The van der Waals surface area contributed by atoms with E-state index in [1.54, 1.807) is 0 Å². The number of piperazine rings is 1. The number of aliphatic carboxylic acids is 1. The lowest BCUT2D eigenvalue weighted by Crippen LogP contribution is -2.55. The highest BCUT2D eigenvalue weighted by Gasteiger charge is 2.23. The Kier molecular flexibility index (Phi) is 4.31. The van der Waals surface area contributed by atoms with E-state index in [0.717, 1.165) is 19.6 Å². The van der Waals surface area contributed by atoms with E-state index in [1.165, 1.54) is 0 Å². The van der Waals surface area contributed by atoms with Crippen LogP contribution in [0.4, 0.5) is 0 Å². The molecule has 0 aromatic heterocycles. The van der Waals surface area contributed by atoms with E-state index in [0.29, 0.717) is 19.1 Å². The Bertz CT molecular complexity index is 198. The first-order valence-corrected chi connectivity index (χ1v) is 4.98. The molecule has 0 aliphatic carbocycles. The smallest absolute Gasteiger partial charge is 0.304 e. The zero-order valence-electron chi connectivity index (χ0n) is 8.65. The minimum atomic E-state index is -0.736. The predicted octanol–water partition coefficient (Wildman–Crippen LogP) is -0.964. The van der Waals surface area contributed by atoms with Crippen molar-refractivity contribution in [3.63, 3.8) is 0 Å². The lowest BCUT2D eigenvalue weighted by atomic mass is 10.1. The Morgan fingerprint density at radius 2 is 2.29 bits per heavy atom. The second-order valence-corrected chi connectivity index (χ2v) is 3.83. The molecule has 3 N–H and O–H groups in total. The van der Waals surface area contributed by atoms with Crippen molar-refractivity contribution >= 4 is 5.97 Å². The second-order valence-electron chi connectivity index (χ2n) is 3.83. The van der Waals surface area contributed by atoms with Crippen LogP contribution in [-0.4, -0.2) is 66.7 Å². The highest BCUT2D eigenvalue weighted by atomic mass is 16.4. The SMILES string of the molecule is CN1CCN(CCC(=O)O)C(CN)C1. The molecule has 1 aliphatic rings. The molecule has 5 heteroatoms. The molecule has 0 saturated carbocycles. The van der Waals surface area contributed by atoms with Crippen LogP contribution in [0.5, 0.6) is 0 Å². The topological polar surface area (TPSA) is 69.8 Å². The summed E-state index contributed by atoms with van der Waals surface area (Å²) in [6.07, 6.45) is 0.209. The van der Waals surface area contributed by atoms with Crippen LogP contribution in [0.15, 0.2) is 0 Å². The molecule has 14 heavy (non-hydrogen) atoms. The van der Waals surface area contributed by atoms with Crippen molar-refractivity contribution in [3.8, 4) is 0 Å². The molecule has 1 rings (SSSR count). The first-order chi connectivity index (χ1) is 6.63. The first-order valence-electron chi connectivity index (χ1n) is 4.98. The zero-order valence-corrected chi connectivity index (χ0v) is 8.65. The number of nitrogens with zero attached hydrogens (tertiary/aromatic N) is 2. The highest BCUT2D eigenvalue weighted by Crippen LogP contribution is 2.07. The molecule has 1 atom stereocenters. The molecule has 1 fully saturated rings. The molecule has 0 bridgehead atoms.